The number of rotatable bonds is 14. The molecule has 2 aromatic rings. The van der Waals surface area contributed by atoms with Crippen LogP contribution in [0.4, 0.5) is 0 Å². The molecule has 1 aliphatic rings. The number of hydrogen-bond donors (Lipinski definition) is 2. The average Bonchev–Trinajstić information content (AvgIpc) is 3.07. The Morgan fingerprint density at radius 2 is 1.44 bits per heavy atom. The molecule has 0 saturated heterocycles. The van der Waals surface area contributed by atoms with Crippen LogP contribution in [-0.2, 0) is 14.3 Å². The first kappa shape index (κ1) is 38.0. The molecule has 0 aliphatic heterocycles. The Labute approximate surface area is 258 Å². The number of aliphatic hydroxyl groups is 2. The molecule has 2 N–H and O–H groups in total. The van der Waals surface area contributed by atoms with E-state index in [4.69, 9.17) is 14.6 Å². The molecule has 43 heavy (non-hydrogen) atoms. The SMILES string of the molecule is CCC(C)OCC1CCC(C(=O)OCCN(CCO)C(=O)c2ccccc2C(=O)c2ccccc2)CC1.CCCC.CO. The van der Waals surface area contributed by atoms with Crippen LogP contribution in [0, 0.1) is 11.8 Å². The Morgan fingerprint density at radius 1 is 0.860 bits per heavy atom. The molecule has 3 rings (SSSR count). The summed E-state index contributed by atoms with van der Waals surface area (Å²) in [5.41, 5.74) is 1.05. The predicted octanol–water partition coefficient (Wildman–Crippen LogP) is 5.93. The van der Waals surface area contributed by atoms with E-state index in [9.17, 15) is 19.5 Å². The minimum atomic E-state index is -0.383. The Kier molecular flexibility index (Phi) is 19.8. The Morgan fingerprint density at radius 3 is 2.00 bits per heavy atom. The van der Waals surface area contributed by atoms with E-state index in [-0.39, 0.29) is 61.5 Å². The standard InChI is InChI=1S/C30H39NO6.C4H10.CH4O/c1-3-22(2)37-21-23-13-15-25(16-14-23)30(35)36-20-18-31(17-19-32)29(34)27-12-8-7-11-26(27)28(33)24-9-5-4-6-10-24;1-3-4-2;1-2/h4-12,22-23,25,32H,3,13-21H2,1-2H3;3-4H2,1-2H3;2H,1H3. The fourth-order valence-corrected chi connectivity index (χ4v) is 4.58. The largest absolute Gasteiger partial charge is 0.464 e. The number of esters is 1. The zero-order valence-corrected chi connectivity index (χ0v) is 26.8. The number of benzene rings is 2. The third kappa shape index (κ3) is 13.4. The highest BCUT2D eigenvalue weighted by atomic mass is 16.5. The van der Waals surface area contributed by atoms with Gasteiger partial charge in [0.1, 0.15) is 6.61 Å². The van der Waals surface area contributed by atoms with E-state index in [1.807, 2.05) is 6.07 Å². The summed E-state index contributed by atoms with van der Waals surface area (Å²) in [7, 11) is 1.00. The van der Waals surface area contributed by atoms with Gasteiger partial charge < -0.3 is 24.6 Å². The van der Waals surface area contributed by atoms with E-state index in [0.29, 0.717) is 17.0 Å². The number of carbonyl (C=O) groups is 3. The number of amides is 1. The molecular weight excluding hydrogens is 546 g/mol. The van der Waals surface area contributed by atoms with Gasteiger partial charge in [-0.3, -0.25) is 14.4 Å². The predicted molar refractivity (Wildman–Crippen MR) is 170 cm³/mol. The maximum absolute atomic E-state index is 13.3. The summed E-state index contributed by atoms with van der Waals surface area (Å²) in [5.74, 6) is -0.519. The van der Waals surface area contributed by atoms with Gasteiger partial charge in [-0.15, -0.1) is 0 Å². The van der Waals surface area contributed by atoms with Gasteiger partial charge in [-0.2, -0.15) is 0 Å². The van der Waals surface area contributed by atoms with Crippen molar-refractivity contribution in [3.05, 3.63) is 71.3 Å². The first-order chi connectivity index (χ1) is 20.9. The lowest BCUT2D eigenvalue weighted by Crippen LogP contribution is -2.38. The first-order valence-corrected chi connectivity index (χ1v) is 15.7. The molecule has 2 aromatic carbocycles. The molecule has 1 atom stereocenters. The topological polar surface area (TPSA) is 113 Å². The molecule has 0 heterocycles. The van der Waals surface area contributed by atoms with E-state index in [1.54, 1.807) is 48.5 Å². The van der Waals surface area contributed by atoms with E-state index in [1.165, 1.54) is 17.7 Å². The van der Waals surface area contributed by atoms with Crippen LogP contribution in [0.15, 0.2) is 54.6 Å². The van der Waals surface area contributed by atoms with Crippen molar-refractivity contribution in [2.75, 3.05) is 40.0 Å². The van der Waals surface area contributed by atoms with Gasteiger partial charge in [0.25, 0.3) is 5.91 Å². The molecule has 1 saturated carbocycles. The second-order valence-corrected chi connectivity index (χ2v) is 10.7. The van der Waals surface area contributed by atoms with Crippen LogP contribution in [0.2, 0.25) is 0 Å². The maximum Gasteiger partial charge on any atom is 0.308 e. The van der Waals surface area contributed by atoms with E-state index in [2.05, 4.69) is 27.7 Å². The lowest BCUT2D eigenvalue weighted by Gasteiger charge is -2.28. The third-order valence-electron chi connectivity index (χ3n) is 7.57. The summed E-state index contributed by atoms with van der Waals surface area (Å²) >= 11 is 0. The smallest absolute Gasteiger partial charge is 0.308 e. The summed E-state index contributed by atoms with van der Waals surface area (Å²) in [6, 6.07) is 15.5. The monoisotopic (exact) mass is 599 g/mol. The summed E-state index contributed by atoms with van der Waals surface area (Å²) < 4.78 is 11.4. The van der Waals surface area contributed by atoms with Gasteiger partial charge in [0.15, 0.2) is 5.78 Å². The van der Waals surface area contributed by atoms with Crippen LogP contribution < -0.4 is 0 Å². The summed E-state index contributed by atoms with van der Waals surface area (Å²) in [4.78, 5) is 40.5. The van der Waals surface area contributed by atoms with Gasteiger partial charge in [-0.1, -0.05) is 82.1 Å². The van der Waals surface area contributed by atoms with Gasteiger partial charge in [-0.25, -0.2) is 0 Å². The molecule has 0 spiro atoms. The number of unbranched alkanes of at least 4 members (excludes halogenated alkanes) is 1. The average molecular weight is 600 g/mol. The van der Waals surface area contributed by atoms with E-state index in [0.717, 1.165) is 45.8 Å². The molecule has 8 heteroatoms. The summed E-state index contributed by atoms with van der Waals surface area (Å²) in [5, 5.41) is 16.5. The number of carbonyl (C=O) groups excluding carboxylic acids is 3. The molecule has 1 unspecified atom stereocenters. The minimum Gasteiger partial charge on any atom is -0.464 e. The van der Waals surface area contributed by atoms with Crippen LogP contribution in [0.1, 0.15) is 98.9 Å². The molecule has 1 amide bonds. The van der Waals surface area contributed by atoms with Gasteiger partial charge in [0, 0.05) is 31.4 Å². The summed E-state index contributed by atoms with van der Waals surface area (Å²) in [6.45, 7) is 9.29. The van der Waals surface area contributed by atoms with Crippen molar-refractivity contribution in [1.82, 2.24) is 4.90 Å². The van der Waals surface area contributed by atoms with Crippen LogP contribution in [-0.4, -0.2) is 78.9 Å². The van der Waals surface area contributed by atoms with Crippen LogP contribution >= 0.6 is 0 Å². The quantitative estimate of drug-likeness (QED) is 0.204. The van der Waals surface area contributed by atoms with Crippen LogP contribution in [0.3, 0.4) is 0 Å². The Balaban J connectivity index is 0.00000142. The molecule has 0 bridgehead atoms. The second-order valence-electron chi connectivity index (χ2n) is 10.7. The molecular formula is C35H53NO7. The number of hydrogen-bond acceptors (Lipinski definition) is 7. The number of ether oxygens (including phenoxy) is 2. The van der Waals surface area contributed by atoms with Crippen molar-refractivity contribution in [3.8, 4) is 0 Å². The highest BCUT2D eigenvalue weighted by molar-refractivity contribution is 6.15. The first-order valence-electron chi connectivity index (χ1n) is 15.7. The molecule has 0 aromatic heterocycles. The van der Waals surface area contributed by atoms with Gasteiger partial charge in [0.2, 0.25) is 0 Å². The maximum atomic E-state index is 13.3. The fourth-order valence-electron chi connectivity index (χ4n) is 4.58. The second kappa shape index (κ2) is 22.5. The van der Waals surface area contributed by atoms with Crippen LogP contribution in [0.5, 0.6) is 0 Å². The van der Waals surface area contributed by atoms with Crippen molar-refractivity contribution in [3.63, 3.8) is 0 Å². The van der Waals surface area contributed by atoms with E-state index >= 15 is 0 Å². The molecule has 0 radical (unpaired) electrons. The van der Waals surface area contributed by atoms with Crippen molar-refractivity contribution >= 4 is 17.7 Å². The van der Waals surface area contributed by atoms with Crippen molar-refractivity contribution < 1.29 is 34.1 Å². The van der Waals surface area contributed by atoms with E-state index < -0.39 is 0 Å². The van der Waals surface area contributed by atoms with Gasteiger partial charge in [0.05, 0.1) is 30.7 Å². The number of nitrogens with zero attached hydrogens (tertiary/aromatic N) is 1. The highest BCUT2D eigenvalue weighted by Crippen LogP contribution is 2.30. The minimum absolute atomic E-state index is 0.0381. The fraction of sp³-hybridized carbons (Fsp3) is 0.571. The number of ketones is 1. The van der Waals surface area contributed by atoms with Crippen molar-refractivity contribution in [1.29, 1.82) is 0 Å². The molecule has 1 aliphatic carbocycles. The Bertz CT molecular complexity index is 1050. The third-order valence-corrected chi connectivity index (χ3v) is 7.57. The zero-order chi connectivity index (χ0) is 32.0. The van der Waals surface area contributed by atoms with Crippen LogP contribution in [0.25, 0.3) is 0 Å². The zero-order valence-electron chi connectivity index (χ0n) is 26.8. The van der Waals surface area contributed by atoms with Gasteiger partial charge in [-0.05, 0) is 51.0 Å². The molecule has 8 nitrogen and oxygen atoms in total. The summed E-state index contributed by atoms with van der Waals surface area (Å²) in [6.07, 6.45) is 7.33. The van der Waals surface area contributed by atoms with Crippen molar-refractivity contribution in [2.24, 2.45) is 11.8 Å². The number of aliphatic hydroxyl groups excluding tert-OH is 2. The lowest BCUT2D eigenvalue weighted by atomic mass is 9.82. The molecule has 240 valence electrons. The molecule has 1 fully saturated rings. The highest BCUT2D eigenvalue weighted by Gasteiger charge is 2.28. The normalized spacial score (nSPS) is 16.4. The van der Waals surface area contributed by atoms with Crippen molar-refractivity contribution in [2.45, 2.75) is 78.7 Å². The Hall–Kier alpha value is -3.07. The van der Waals surface area contributed by atoms with Gasteiger partial charge >= 0.3 is 5.97 Å². The lowest BCUT2D eigenvalue weighted by molar-refractivity contribution is -0.150.